The van der Waals surface area contributed by atoms with E-state index in [0.717, 1.165) is 5.56 Å². The monoisotopic (exact) mass is 212 g/mol. The molecule has 0 radical (unpaired) electrons. The normalized spacial score (nSPS) is 10.0. The molecule has 1 aromatic rings. The van der Waals surface area contributed by atoms with Crippen molar-refractivity contribution in [3.05, 3.63) is 28.3 Å². The molecule has 0 aromatic heterocycles. The van der Waals surface area contributed by atoms with E-state index in [1.807, 2.05) is 13.8 Å². The smallest absolute Gasteiger partial charge is 0.160 e. The van der Waals surface area contributed by atoms with Crippen molar-refractivity contribution in [2.75, 3.05) is 6.61 Å². The van der Waals surface area contributed by atoms with Gasteiger partial charge < -0.3 is 4.74 Å². The Hall–Kier alpha value is -1.02. The average Bonchev–Trinajstić information content (AvgIpc) is 2.13. The van der Waals surface area contributed by atoms with E-state index in [1.54, 1.807) is 12.1 Å². The van der Waals surface area contributed by atoms with Crippen LogP contribution >= 0.6 is 11.6 Å². The van der Waals surface area contributed by atoms with Crippen molar-refractivity contribution in [3.8, 4) is 5.75 Å². The quantitative estimate of drug-likeness (QED) is 0.719. The number of hydrogen-bond donors (Lipinski definition) is 0. The number of Topliss-reactive ketones (excluding diaryl/α,β-unsaturated/α-hetero) is 1. The van der Waals surface area contributed by atoms with E-state index in [9.17, 15) is 4.79 Å². The number of hydrogen-bond acceptors (Lipinski definition) is 2. The van der Waals surface area contributed by atoms with Gasteiger partial charge in [-0.2, -0.15) is 0 Å². The van der Waals surface area contributed by atoms with Crippen LogP contribution in [0.4, 0.5) is 0 Å². The van der Waals surface area contributed by atoms with E-state index in [1.165, 1.54) is 6.92 Å². The summed E-state index contributed by atoms with van der Waals surface area (Å²) in [5, 5.41) is 0.527. The molecule has 0 aliphatic carbocycles. The summed E-state index contributed by atoms with van der Waals surface area (Å²) < 4.78 is 5.31. The first-order valence-electron chi connectivity index (χ1n) is 4.50. The van der Waals surface area contributed by atoms with Crippen molar-refractivity contribution < 1.29 is 9.53 Å². The third-order valence-corrected chi connectivity index (χ3v) is 2.50. The minimum absolute atomic E-state index is 0.0208. The molecule has 1 aromatic carbocycles. The van der Waals surface area contributed by atoms with Crippen LogP contribution in [0.3, 0.4) is 0 Å². The van der Waals surface area contributed by atoms with Crippen molar-refractivity contribution in [3.63, 3.8) is 0 Å². The molecule has 0 spiro atoms. The van der Waals surface area contributed by atoms with Crippen LogP contribution in [-0.4, -0.2) is 12.4 Å². The Labute approximate surface area is 88.8 Å². The Morgan fingerprint density at radius 2 is 2.14 bits per heavy atom. The van der Waals surface area contributed by atoms with Gasteiger partial charge in [-0.15, -0.1) is 0 Å². The highest BCUT2D eigenvalue weighted by atomic mass is 35.5. The van der Waals surface area contributed by atoms with E-state index in [2.05, 4.69) is 0 Å². The molecule has 0 saturated carbocycles. The fraction of sp³-hybridized carbons (Fsp3) is 0.364. The minimum atomic E-state index is 0.0208. The molecule has 14 heavy (non-hydrogen) atoms. The molecule has 0 N–H and O–H groups in total. The summed E-state index contributed by atoms with van der Waals surface area (Å²) in [5.74, 6) is 0.657. The molecule has 1 rings (SSSR count). The summed E-state index contributed by atoms with van der Waals surface area (Å²) in [6.07, 6.45) is 0. The number of halogens is 1. The summed E-state index contributed by atoms with van der Waals surface area (Å²) in [7, 11) is 0. The van der Waals surface area contributed by atoms with E-state index in [4.69, 9.17) is 16.3 Å². The number of ether oxygens (including phenoxy) is 1. The molecular formula is C11H13ClO2. The standard InChI is InChI=1S/C11H13ClO2/c1-4-14-10-6-5-9(8(3)13)7(2)11(10)12/h5-6H,4H2,1-3H3. The Morgan fingerprint density at radius 1 is 1.50 bits per heavy atom. The third-order valence-electron chi connectivity index (χ3n) is 2.03. The lowest BCUT2D eigenvalue weighted by Crippen LogP contribution is -1.99. The second-order valence-corrected chi connectivity index (χ2v) is 3.42. The van der Waals surface area contributed by atoms with E-state index in [-0.39, 0.29) is 5.78 Å². The molecule has 0 atom stereocenters. The van der Waals surface area contributed by atoms with Crippen molar-refractivity contribution in [1.82, 2.24) is 0 Å². The van der Waals surface area contributed by atoms with Gasteiger partial charge >= 0.3 is 0 Å². The second kappa shape index (κ2) is 4.47. The fourth-order valence-corrected chi connectivity index (χ4v) is 1.53. The molecule has 0 aliphatic heterocycles. The summed E-state index contributed by atoms with van der Waals surface area (Å²) in [6.45, 7) is 5.81. The van der Waals surface area contributed by atoms with Crippen LogP contribution in [0.25, 0.3) is 0 Å². The van der Waals surface area contributed by atoms with E-state index < -0.39 is 0 Å². The van der Waals surface area contributed by atoms with E-state index in [0.29, 0.717) is 22.9 Å². The van der Waals surface area contributed by atoms with E-state index >= 15 is 0 Å². The maximum atomic E-state index is 11.2. The zero-order valence-electron chi connectivity index (χ0n) is 8.56. The highest BCUT2D eigenvalue weighted by Gasteiger charge is 2.11. The lowest BCUT2D eigenvalue weighted by molar-refractivity contribution is 0.101. The number of rotatable bonds is 3. The molecule has 0 fully saturated rings. The molecule has 0 saturated heterocycles. The first-order chi connectivity index (χ1) is 6.57. The number of carbonyl (C=O) groups excluding carboxylic acids is 1. The molecule has 0 unspecified atom stereocenters. The van der Waals surface area contributed by atoms with Crippen LogP contribution in [0.1, 0.15) is 29.8 Å². The van der Waals surface area contributed by atoms with Gasteiger partial charge in [-0.1, -0.05) is 11.6 Å². The summed E-state index contributed by atoms with van der Waals surface area (Å²) in [6, 6.07) is 3.48. The highest BCUT2D eigenvalue weighted by Crippen LogP contribution is 2.30. The highest BCUT2D eigenvalue weighted by molar-refractivity contribution is 6.33. The Bertz CT molecular complexity index is 359. The van der Waals surface area contributed by atoms with Gasteiger partial charge in [0.1, 0.15) is 5.75 Å². The molecule has 0 bridgehead atoms. The molecule has 0 heterocycles. The van der Waals surface area contributed by atoms with Crippen LogP contribution in [0.15, 0.2) is 12.1 Å². The Balaban J connectivity index is 3.19. The first kappa shape index (κ1) is 11.1. The van der Waals surface area contributed by atoms with Gasteiger partial charge in [-0.3, -0.25) is 4.79 Å². The topological polar surface area (TPSA) is 26.3 Å². The van der Waals surface area contributed by atoms with Crippen molar-refractivity contribution >= 4 is 17.4 Å². The molecule has 3 heteroatoms. The average molecular weight is 213 g/mol. The second-order valence-electron chi connectivity index (χ2n) is 3.04. The van der Waals surface area contributed by atoms with Crippen LogP contribution < -0.4 is 4.74 Å². The van der Waals surface area contributed by atoms with Crippen LogP contribution in [-0.2, 0) is 0 Å². The molecule has 0 aliphatic rings. The minimum Gasteiger partial charge on any atom is -0.492 e. The Morgan fingerprint density at radius 3 is 2.64 bits per heavy atom. The molecule has 0 amide bonds. The number of carbonyl (C=O) groups is 1. The lowest BCUT2D eigenvalue weighted by Gasteiger charge is -2.10. The Kier molecular flexibility index (Phi) is 3.53. The zero-order chi connectivity index (χ0) is 10.7. The van der Waals surface area contributed by atoms with Crippen molar-refractivity contribution in [2.45, 2.75) is 20.8 Å². The van der Waals surface area contributed by atoms with Crippen LogP contribution in [0.2, 0.25) is 5.02 Å². The third kappa shape index (κ3) is 2.07. The summed E-state index contributed by atoms with van der Waals surface area (Å²) in [5.41, 5.74) is 1.43. The summed E-state index contributed by atoms with van der Waals surface area (Å²) >= 11 is 6.04. The SMILES string of the molecule is CCOc1ccc(C(C)=O)c(C)c1Cl. The maximum Gasteiger partial charge on any atom is 0.160 e. The number of ketones is 1. The van der Waals surface area contributed by atoms with Gasteiger partial charge in [0.05, 0.1) is 11.6 Å². The van der Waals surface area contributed by atoms with Gasteiger partial charge in [0.15, 0.2) is 5.78 Å². The van der Waals surface area contributed by atoms with Gasteiger partial charge in [-0.05, 0) is 38.5 Å². The largest absolute Gasteiger partial charge is 0.492 e. The number of benzene rings is 1. The van der Waals surface area contributed by atoms with Crippen LogP contribution in [0, 0.1) is 6.92 Å². The predicted molar refractivity (Wildman–Crippen MR) is 57.4 cm³/mol. The van der Waals surface area contributed by atoms with Crippen molar-refractivity contribution in [1.29, 1.82) is 0 Å². The van der Waals surface area contributed by atoms with Gasteiger partial charge in [0, 0.05) is 5.56 Å². The van der Waals surface area contributed by atoms with Crippen molar-refractivity contribution in [2.24, 2.45) is 0 Å². The zero-order valence-corrected chi connectivity index (χ0v) is 9.31. The maximum absolute atomic E-state index is 11.2. The molecule has 2 nitrogen and oxygen atoms in total. The molecular weight excluding hydrogens is 200 g/mol. The molecule has 76 valence electrons. The van der Waals surface area contributed by atoms with Gasteiger partial charge in [-0.25, -0.2) is 0 Å². The van der Waals surface area contributed by atoms with Crippen LogP contribution in [0.5, 0.6) is 5.75 Å². The lowest BCUT2D eigenvalue weighted by atomic mass is 10.1. The summed E-state index contributed by atoms with van der Waals surface area (Å²) in [4.78, 5) is 11.2. The van der Waals surface area contributed by atoms with Gasteiger partial charge in [0.25, 0.3) is 0 Å². The first-order valence-corrected chi connectivity index (χ1v) is 4.88. The predicted octanol–water partition coefficient (Wildman–Crippen LogP) is 3.25. The van der Waals surface area contributed by atoms with Gasteiger partial charge in [0.2, 0.25) is 0 Å². The fourth-order valence-electron chi connectivity index (χ4n) is 1.31.